The van der Waals surface area contributed by atoms with E-state index < -0.39 is 0 Å². The second-order valence-electron chi connectivity index (χ2n) is 5.04. The quantitative estimate of drug-likeness (QED) is 0.358. The molecule has 22 heavy (non-hydrogen) atoms. The summed E-state index contributed by atoms with van der Waals surface area (Å²) in [7, 11) is 0. The number of allylic oxidation sites excluding steroid dienone is 3. The van der Waals surface area contributed by atoms with Gasteiger partial charge in [-0.15, -0.1) is 0 Å². The molecule has 0 saturated carbocycles. The molecule has 1 N–H and O–H groups in total. The first-order chi connectivity index (χ1) is 9.29. The van der Waals surface area contributed by atoms with Crippen molar-refractivity contribution in [2.24, 2.45) is 5.92 Å². The molecule has 0 aromatic heterocycles. The van der Waals surface area contributed by atoms with Crippen LogP contribution in [0.5, 0.6) is 0 Å². The van der Waals surface area contributed by atoms with Gasteiger partial charge in [0.25, 0.3) is 0 Å². The molecule has 0 radical (unpaired) electrons. The van der Waals surface area contributed by atoms with Crippen molar-refractivity contribution in [3.05, 3.63) is 73.5 Å². The van der Waals surface area contributed by atoms with Crippen molar-refractivity contribution in [3.8, 4) is 0 Å². The van der Waals surface area contributed by atoms with Crippen LogP contribution in [-0.4, -0.2) is 5.11 Å². The number of halogens is 1. The predicted molar refractivity (Wildman–Crippen MR) is 96.8 cm³/mol. The minimum atomic E-state index is -0.371. The Morgan fingerprint density at radius 1 is 1.00 bits per heavy atom. The summed E-state index contributed by atoms with van der Waals surface area (Å²) in [5, 5.41) is 10.1. The van der Waals surface area contributed by atoms with E-state index in [0.29, 0.717) is 0 Å². The van der Waals surface area contributed by atoms with Gasteiger partial charge in [0, 0.05) is 10.4 Å². The Kier molecular flexibility index (Phi) is 14.3. The first kappa shape index (κ1) is 23.9. The van der Waals surface area contributed by atoms with Gasteiger partial charge < -0.3 is 20.0 Å². The zero-order valence-electron chi connectivity index (χ0n) is 13.5. The Balaban J connectivity index is 0. The van der Waals surface area contributed by atoms with E-state index >= 15 is 0 Å². The SMILES string of the molecule is C1=CCCC1.O[C@H](c1ccccc1Br)[C@H]1C=CCC1.[CH3-].[CH3-].[Fe+2]. The van der Waals surface area contributed by atoms with Gasteiger partial charge in [0.1, 0.15) is 0 Å². The van der Waals surface area contributed by atoms with Crippen LogP contribution >= 0.6 is 15.9 Å². The molecule has 1 aromatic carbocycles. The van der Waals surface area contributed by atoms with Crippen molar-refractivity contribution in [2.75, 3.05) is 0 Å². The molecule has 0 saturated heterocycles. The van der Waals surface area contributed by atoms with Gasteiger partial charge in [-0.2, -0.15) is 0 Å². The fraction of sp³-hybridized carbons (Fsp3) is 0.368. The molecule has 0 amide bonds. The van der Waals surface area contributed by atoms with Gasteiger partial charge in [0.2, 0.25) is 0 Å². The molecule has 0 spiro atoms. The minimum Gasteiger partial charge on any atom is -0.388 e. The predicted octanol–water partition coefficient (Wildman–Crippen LogP) is 6.07. The van der Waals surface area contributed by atoms with E-state index in [0.717, 1.165) is 22.9 Å². The van der Waals surface area contributed by atoms with E-state index in [4.69, 9.17) is 0 Å². The Hall–Kier alpha value is -0.341. The molecule has 2 aliphatic rings. The first-order valence-electron chi connectivity index (χ1n) is 7.03. The number of aliphatic hydroxyl groups is 1. The van der Waals surface area contributed by atoms with Crippen LogP contribution in [0.1, 0.15) is 43.8 Å². The summed E-state index contributed by atoms with van der Waals surface area (Å²) in [6.45, 7) is 0. The van der Waals surface area contributed by atoms with Gasteiger partial charge in [-0.3, -0.25) is 0 Å². The zero-order chi connectivity index (χ0) is 13.5. The molecule has 2 atom stereocenters. The molecule has 0 bridgehead atoms. The standard InChI is InChI=1S/C12H13BrO.C5H8.2CH3.Fe/c13-11-8-4-3-7-10(11)12(14)9-5-1-2-6-9;1-2-4-5-3-1;;;/h1,3-5,7-9,12,14H,2,6H2;1-2H,3-5H2;2*1H3;/q;;2*-1;+2/t9-,12-;;;;/m0..../s1. The van der Waals surface area contributed by atoms with E-state index in [1.54, 1.807) is 0 Å². The average molecular weight is 407 g/mol. The molecular weight excluding hydrogens is 380 g/mol. The van der Waals surface area contributed by atoms with E-state index in [2.05, 4.69) is 40.2 Å². The Labute approximate surface area is 155 Å². The molecule has 0 fully saturated rings. The minimum absolute atomic E-state index is 0. The molecule has 0 heterocycles. The first-order valence-corrected chi connectivity index (χ1v) is 7.82. The molecule has 0 aliphatic heterocycles. The summed E-state index contributed by atoms with van der Waals surface area (Å²) in [5.41, 5.74) is 0.990. The summed E-state index contributed by atoms with van der Waals surface area (Å²) in [4.78, 5) is 0. The summed E-state index contributed by atoms with van der Waals surface area (Å²) >= 11 is 3.46. The van der Waals surface area contributed by atoms with Crippen LogP contribution in [-0.2, 0) is 17.1 Å². The Morgan fingerprint density at radius 3 is 2.09 bits per heavy atom. The van der Waals surface area contributed by atoms with Crippen LogP contribution in [0, 0.1) is 20.8 Å². The summed E-state index contributed by atoms with van der Waals surface area (Å²) in [6.07, 6.45) is 14.5. The third-order valence-electron chi connectivity index (χ3n) is 3.59. The van der Waals surface area contributed by atoms with Gasteiger partial charge in [0.05, 0.1) is 6.10 Å². The molecule has 3 heteroatoms. The second-order valence-corrected chi connectivity index (χ2v) is 5.89. The second kappa shape index (κ2) is 13.1. The van der Waals surface area contributed by atoms with Crippen LogP contribution in [0.4, 0.5) is 0 Å². The van der Waals surface area contributed by atoms with E-state index in [-0.39, 0.29) is 43.9 Å². The summed E-state index contributed by atoms with van der Waals surface area (Å²) < 4.78 is 0.993. The Bertz CT molecular complexity index is 451. The van der Waals surface area contributed by atoms with Gasteiger partial charge in [-0.05, 0) is 43.7 Å². The number of benzene rings is 1. The Morgan fingerprint density at radius 2 is 1.64 bits per heavy atom. The fourth-order valence-corrected chi connectivity index (χ4v) is 2.97. The monoisotopic (exact) mass is 406 g/mol. The third-order valence-corrected chi connectivity index (χ3v) is 4.31. The summed E-state index contributed by atoms with van der Waals surface area (Å²) in [5.74, 6) is 0.286. The van der Waals surface area contributed by atoms with E-state index in [1.165, 1.54) is 19.3 Å². The number of hydrogen-bond donors (Lipinski definition) is 1. The average Bonchev–Trinajstić information content (AvgIpc) is 3.14. The van der Waals surface area contributed by atoms with Crippen molar-refractivity contribution < 1.29 is 22.2 Å². The topological polar surface area (TPSA) is 20.2 Å². The zero-order valence-corrected chi connectivity index (χ0v) is 16.2. The van der Waals surface area contributed by atoms with Gasteiger partial charge >= 0.3 is 17.1 Å². The van der Waals surface area contributed by atoms with Gasteiger partial charge in [-0.1, -0.05) is 58.4 Å². The molecule has 2 aliphatic carbocycles. The largest absolute Gasteiger partial charge is 2.00 e. The van der Waals surface area contributed by atoms with Crippen molar-refractivity contribution in [1.29, 1.82) is 0 Å². The maximum Gasteiger partial charge on any atom is 2.00 e. The van der Waals surface area contributed by atoms with Crippen LogP contribution in [0.3, 0.4) is 0 Å². The van der Waals surface area contributed by atoms with Crippen LogP contribution in [0.25, 0.3) is 0 Å². The fourth-order valence-electron chi connectivity index (χ4n) is 2.45. The molecular formula is C19H27BrFeO. The van der Waals surface area contributed by atoms with Crippen molar-refractivity contribution in [1.82, 2.24) is 0 Å². The van der Waals surface area contributed by atoms with E-state index in [9.17, 15) is 5.11 Å². The molecule has 1 nitrogen and oxygen atoms in total. The molecule has 124 valence electrons. The van der Waals surface area contributed by atoms with Crippen molar-refractivity contribution in [3.63, 3.8) is 0 Å². The number of hydrogen-bond acceptors (Lipinski definition) is 1. The normalized spacial score (nSPS) is 19.1. The summed E-state index contributed by atoms with van der Waals surface area (Å²) in [6, 6.07) is 7.87. The van der Waals surface area contributed by atoms with Crippen LogP contribution < -0.4 is 0 Å². The third kappa shape index (κ3) is 7.28. The van der Waals surface area contributed by atoms with Crippen LogP contribution in [0.15, 0.2) is 53.0 Å². The van der Waals surface area contributed by atoms with Crippen LogP contribution in [0.2, 0.25) is 0 Å². The maximum absolute atomic E-state index is 10.1. The van der Waals surface area contributed by atoms with Gasteiger partial charge in [0.15, 0.2) is 0 Å². The molecule has 1 aromatic rings. The number of rotatable bonds is 2. The van der Waals surface area contributed by atoms with E-state index in [1.807, 2.05) is 24.3 Å². The van der Waals surface area contributed by atoms with Crippen molar-refractivity contribution >= 4 is 15.9 Å². The molecule has 3 rings (SSSR count). The maximum atomic E-state index is 10.1. The molecule has 0 unspecified atom stereocenters. The smallest absolute Gasteiger partial charge is 0.388 e. The van der Waals surface area contributed by atoms with Gasteiger partial charge in [-0.25, -0.2) is 0 Å². The van der Waals surface area contributed by atoms with Crippen molar-refractivity contribution in [2.45, 2.75) is 38.2 Å². The number of aliphatic hydroxyl groups excluding tert-OH is 1.